The van der Waals surface area contributed by atoms with Crippen LogP contribution in [0.5, 0.6) is 5.75 Å². The first kappa shape index (κ1) is 23.3. The maximum Gasteiger partial charge on any atom is 0.308 e. The first-order chi connectivity index (χ1) is 17.9. The molecule has 8 nitrogen and oxygen atoms in total. The summed E-state index contributed by atoms with van der Waals surface area (Å²) in [6.45, 7) is 1.69. The van der Waals surface area contributed by atoms with E-state index in [4.69, 9.17) is 4.74 Å². The standard InChI is InChI=1S/C27H17BrN4O4S/c1-15(33)36-21-10-6-5-9-18(21)24-29-27-32(30-24)26(35)23(37-27)22-19-13-17(28)11-12-20(19)31(25(22)34)14-16-7-3-2-4-8-16/h2-13H,14H2,1H3. The van der Waals surface area contributed by atoms with Gasteiger partial charge in [-0.25, -0.2) is 0 Å². The van der Waals surface area contributed by atoms with Gasteiger partial charge in [0, 0.05) is 17.0 Å². The van der Waals surface area contributed by atoms with Crippen LogP contribution in [0.4, 0.5) is 5.69 Å². The fraction of sp³-hybridized carbons (Fsp3) is 0.0741. The van der Waals surface area contributed by atoms with E-state index in [0.717, 1.165) is 27.1 Å². The van der Waals surface area contributed by atoms with Crippen LogP contribution in [-0.4, -0.2) is 26.5 Å². The van der Waals surface area contributed by atoms with Gasteiger partial charge in [-0.1, -0.05) is 69.7 Å². The van der Waals surface area contributed by atoms with Crippen LogP contribution < -0.4 is 19.7 Å². The molecular weight excluding hydrogens is 556 g/mol. The summed E-state index contributed by atoms with van der Waals surface area (Å²) in [4.78, 5) is 45.3. The molecule has 1 aliphatic heterocycles. The van der Waals surface area contributed by atoms with E-state index >= 15 is 0 Å². The zero-order chi connectivity index (χ0) is 25.7. The Hall–Kier alpha value is -4.15. The van der Waals surface area contributed by atoms with Crippen molar-refractivity contribution in [3.63, 3.8) is 0 Å². The number of esters is 1. The summed E-state index contributed by atoms with van der Waals surface area (Å²) in [5, 5.41) is 4.39. The number of para-hydroxylation sites is 1. The third-order valence-electron chi connectivity index (χ3n) is 5.93. The van der Waals surface area contributed by atoms with Crippen molar-refractivity contribution in [2.24, 2.45) is 0 Å². The normalized spacial score (nSPS) is 14.3. The maximum atomic E-state index is 13.7. The van der Waals surface area contributed by atoms with E-state index < -0.39 is 11.5 Å². The highest BCUT2D eigenvalue weighted by Gasteiger charge is 2.34. The number of thiazole rings is 1. The molecule has 2 aromatic heterocycles. The van der Waals surface area contributed by atoms with Crippen LogP contribution in [0.2, 0.25) is 0 Å². The Bertz CT molecular complexity index is 1830. The van der Waals surface area contributed by atoms with E-state index in [9.17, 15) is 14.4 Å². The third kappa shape index (κ3) is 4.04. The van der Waals surface area contributed by atoms with Crippen molar-refractivity contribution in [2.45, 2.75) is 13.5 Å². The van der Waals surface area contributed by atoms with E-state index in [-0.39, 0.29) is 16.3 Å². The van der Waals surface area contributed by atoms with Gasteiger partial charge in [0.15, 0.2) is 5.82 Å². The molecule has 3 heterocycles. The smallest absolute Gasteiger partial charge is 0.308 e. The molecule has 0 fully saturated rings. The van der Waals surface area contributed by atoms with Gasteiger partial charge in [-0.05, 0) is 35.9 Å². The van der Waals surface area contributed by atoms with Crippen LogP contribution in [0.25, 0.3) is 21.9 Å². The number of hydrogen-bond acceptors (Lipinski definition) is 7. The number of halogens is 1. The second-order valence-electron chi connectivity index (χ2n) is 8.37. The van der Waals surface area contributed by atoms with Crippen LogP contribution in [0.15, 0.2) is 82.1 Å². The Balaban J connectivity index is 1.50. The van der Waals surface area contributed by atoms with Crippen molar-refractivity contribution in [1.82, 2.24) is 14.6 Å². The van der Waals surface area contributed by atoms with Crippen LogP contribution in [0.1, 0.15) is 18.1 Å². The van der Waals surface area contributed by atoms with Crippen LogP contribution >= 0.6 is 27.3 Å². The van der Waals surface area contributed by atoms with E-state index in [1.165, 1.54) is 11.4 Å². The molecular formula is C27H17BrN4O4S. The van der Waals surface area contributed by atoms with Gasteiger partial charge in [-0.3, -0.25) is 14.4 Å². The summed E-state index contributed by atoms with van der Waals surface area (Å²) >= 11 is 4.60. The molecule has 3 aromatic carbocycles. The lowest BCUT2D eigenvalue weighted by Gasteiger charge is -2.17. The van der Waals surface area contributed by atoms with Gasteiger partial charge in [0.05, 0.1) is 23.4 Å². The molecule has 1 aliphatic rings. The SMILES string of the molecule is CC(=O)Oc1ccccc1-c1nc2sc(=C3C(=O)N(Cc4ccccc4)c4ccc(Br)cc43)c(=O)n2n1. The molecule has 6 rings (SSSR count). The molecule has 0 spiro atoms. The number of carbonyl (C=O) groups excluding carboxylic acids is 2. The summed E-state index contributed by atoms with van der Waals surface area (Å²) in [6.07, 6.45) is 0. The monoisotopic (exact) mass is 572 g/mol. The minimum atomic E-state index is -0.471. The molecule has 10 heteroatoms. The Kier molecular flexibility index (Phi) is 5.69. The number of rotatable bonds is 4. The van der Waals surface area contributed by atoms with Crippen molar-refractivity contribution in [2.75, 3.05) is 4.90 Å². The largest absolute Gasteiger partial charge is 0.426 e. The number of fused-ring (bicyclic) bond motifs is 2. The Labute approximate surface area is 222 Å². The number of benzene rings is 3. The van der Waals surface area contributed by atoms with Crippen molar-refractivity contribution >= 4 is 55.4 Å². The van der Waals surface area contributed by atoms with Gasteiger partial charge in [0.25, 0.3) is 11.5 Å². The number of hydrogen-bond donors (Lipinski definition) is 0. The molecule has 0 saturated heterocycles. The Morgan fingerprint density at radius 1 is 1.00 bits per heavy atom. The number of carbonyl (C=O) groups is 2. The Morgan fingerprint density at radius 3 is 2.51 bits per heavy atom. The average Bonchev–Trinajstić information content (AvgIpc) is 3.50. The first-order valence-electron chi connectivity index (χ1n) is 11.3. The van der Waals surface area contributed by atoms with Crippen molar-refractivity contribution in [3.05, 3.63) is 103 Å². The fourth-order valence-corrected chi connectivity index (χ4v) is 5.70. The van der Waals surface area contributed by atoms with E-state index in [1.807, 2.05) is 48.5 Å². The lowest BCUT2D eigenvalue weighted by Crippen LogP contribution is -2.32. The molecule has 0 atom stereocenters. The summed E-state index contributed by atoms with van der Waals surface area (Å²) in [5.74, 6) is -0.166. The quantitative estimate of drug-likeness (QED) is 0.239. The first-order valence-corrected chi connectivity index (χ1v) is 12.9. The van der Waals surface area contributed by atoms with Crippen molar-refractivity contribution in [3.8, 4) is 17.1 Å². The lowest BCUT2D eigenvalue weighted by molar-refractivity contribution is -0.131. The summed E-state index contributed by atoms with van der Waals surface area (Å²) < 4.78 is 7.54. The molecule has 0 bridgehead atoms. The summed E-state index contributed by atoms with van der Waals surface area (Å²) in [5.41, 5.74) is 2.78. The zero-order valence-corrected chi connectivity index (χ0v) is 21.7. The molecule has 0 saturated carbocycles. The van der Waals surface area contributed by atoms with E-state index in [2.05, 4.69) is 26.0 Å². The predicted octanol–water partition coefficient (Wildman–Crippen LogP) is 3.97. The lowest BCUT2D eigenvalue weighted by atomic mass is 10.1. The minimum Gasteiger partial charge on any atom is -0.426 e. The number of ether oxygens (including phenoxy) is 1. The molecule has 37 heavy (non-hydrogen) atoms. The van der Waals surface area contributed by atoms with E-state index in [1.54, 1.807) is 29.2 Å². The zero-order valence-electron chi connectivity index (χ0n) is 19.3. The number of aromatic nitrogens is 3. The van der Waals surface area contributed by atoms with Crippen LogP contribution in [0, 0.1) is 0 Å². The highest BCUT2D eigenvalue weighted by molar-refractivity contribution is 9.10. The molecule has 5 aromatic rings. The number of anilines is 1. The maximum absolute atomic E-state index is 13.7. The predicted molar refractivity (Wildman–Crippen MR) is 143 cm³/mol. The van der Waals surface area contributed by atoms with Gasteiger partial charge < -0.3 is 9.64 Å². The average molecular weight is 573 g/mol. The molecule has 0 N–H and O–H groups in total. The highest BCUT2D eigenvalue weighted by Crippen LogP contribution is 2.38. The van der Waals surface area contributed by atoms with Gasteiger partial charge in [0.1, 0.15) is 10.3 Å². The van der Waals surface area contributed by atoms with Gasteiger partial charge >= 0.3 is 5.97 Å². The second kappa shape index (κ2) is 9.06. The fourth-order valence-electron chi connectivity index (χ4n) is 4.34. The Morgan fingerprint density at radius 2 is 1.76 bits per heavy atom. The molecule has 0 unspecified atom stereocenters. The third-order valence-corrected chi connectivity index (χ3v) is 7.45. The number of amides is 1. The van der Waals surface area contributed by atoms with Gasteiger partial charge in [0.2, 0.25) is 4.96 Å². The van der Waals surface area contributed by atoms with Crippen LogP contribution in [0.3, 0.4) is 0 Å². The van der Waals surface area contributed by atoms with Gasteiger partial charge in [-0.15, -0.1) is 5.10 Å². The van der Waals surface area contributed by atoms with Crippen molar-refractivity contribution in [1.29, 1.82) is 0 Å². The molecule has 0 aliphatic carbocycles. The highest BCUT2D eigenvalue weighted by atomic mass is 79.9. The van der Waals surface area contributed by atoms with E-state index in [0.29, 0.717) is 34.0 Å². The minimum absolute atomic E-state index is 0.251. The van der Waals surface area contributed by atoms with Crippen LogP contribution in [-0.2, 0) is 16.1 Å². The van der Waals surface area contributed by atoms with Gasteiger partial charge in [-0.2, -0.15) is 9.50 Å². The molecule has 1 amide bonds. The summed E-state index contributed by atoms with van der Waals surface area (Å²) in [6, 6.07) is 22.2. The topological polar surface area (TPSA) is 93.9 Å². The van der Waals surface area contributed by atoms with Crippen molar-refractivity contribution < 1.29 is 14.3 Å². The number of nitrogens with zero attached hydrogens (tertiary/aromatic N) is 4. The molecule has 0 radical (unpaired) electrons. The molecule has 182 valence electrons. The second-order valence-corrected chi connectivity index (χ2v) is 10.3. The summed E-state index contributed by atoms with van der Waals surface area (Å²) in [7, 11) is 0.